The molecule has 2 heterocycles. The van der Waals surface area contributed by atoms with E-state index in [2.05, 4.69) is 5.10 Å². The molecule has 4 aromatic rings. The van der Waals surface area contributed by atoms with Crippen LogP contribution in [0.3, 0.4) is 0 Å². The Morgan fingerprint density at radius 1 is 1.03 bits per heavy atom. The zero-order chi connectivity index (χ0) is 22.3. The number of fused-ring (bicyclic) bond motifs is 1. The molecule has 0 radical (unpaired) electrons. The molecular formula is C24H25ClN4OS. The average Bonchev–Trinajstić information content (AvgIpc) is 3.26. The van der Waals surface area contributed by atoms with E-state index in [-0.39, 0.29) is 5.91 Å². The van der Waals surface area contributed by atoms with Gasteiger partial charge in [0.1, 0.15) is 0 Å². The first-order valence-corrected chi connectivity index (χ1v) is 11.4. The van der Waals surface area contributed by atoms with Gasteiger partial charge in [-0.3, -0.25) is 14.4 Å². The molecule has 0 saturated heterocycles. The molecule has 0 aliphatic rings. The number of aromatic nitrogens is 3. The maximum absolute atomic E-state index is 13.6. The second-order valence-corrected chi connectivity index (χ2v) is 9.42. The van der Waals surface area contributed by atoms with E-state index in [9.17, 15) is 4.79 Å². The fourth-order valence-corrected chi connectivity index (χ4v) is 5.11. The fraction of sp³-hybridized carbons (Fsp3) is 0.292. The quantitative estimate of drug-likeness (QED) is 0.371. The van der Waals surface area contributed by atoms with Crippen LogP contribution in [0.2, 0.25) is 5.02 Å². The number of halogens is 1. The molecule has 31 heavy (non-hydrogen) atoms. The first-order valence-electron chi connectivity index (χ1n) is 10.2. The molecule has 1 amide bonds. The summed E-state index contributed by atoms with van der Waals surface area (Å²) in [4.78, 5) is 20.2. The van der Waals surface area contributed by atoms with Crippen molar-refractivity contribution in [1.82, 2.24) is 14.8 Å². The van der Waals surface area contributed by atoms with Crippen molar-refractivity contribution in [2.75, 3.05) is 11.4 Å². The molecule has 160 valence electrons. The Balaban J connectivity index is 1.74. The summed E-state index contributed by atoms with van der Waals surface area (Å²) in [6.45, 7) is 11.1. The molecule has 0 atom stereocenters. The molecule has 0 aliphatic heterocycles. The van der Waals surface area contributed by atoms with Crippen LogP contribution in [-0.2, 0) is 6.54 Å². The molecule has 0 spiro atoms. The van der Waals surface area contributed by atoms with E-state index in [1.807, 2.05) is 75.7 Å². The molecule has 7 heteroatoms. The molecule has 2 aromatic heterocycles. The van der Waals surface area contributed by atoms with E-state index >= 15 is 0 Å². The van der Waals surface area contributed by atoms with Crippen LogP contribution in [0.4, 0.5) is 5.13 Å². The van der Waals surface area contributed by atoms with Gasteiger partial charge in [-0.2, -0.15) is 5.10 Å². The maximum atomic E-state index is 13.6. The topological polar surface area (TPSA) is 51.0 Å². The highest BCUT2D eigenvalue weighted by Crippen LogP contribution is 2.33. The molecule has 0 aliphatic carbocycles. The van der Waals surface area contributed by atoms with Crippen molar-refractivity contribution in [3.8, 4) is 0 Å². The van der Waals surface area contributed by atoms with Crippen LogP contribution in [0.5, 0.6) is 0 Å². The smallest absolute Gasteiger partial charge is 0.260 e. The molecular weight excluding hydrogens is 428 g/mol. The zero-order valence-corrected chi connectivity index (χ0v) is 19.9. The Hall–Kier alpha value is -2.70. The van der Waals surface area contributed by atoms with Crippen molar-refractivity contribution in [2.45, 2.75) is 41.2 Å². The van der Waals surface area contributed by atoms with Gasteiger partial charge in [-0.15, -0.1) is 0 Å². The number of carbonyl (C=O) groups is 1. The largest absolute Gasteiger partial charge is 0.282 e. The van der Waals surface area contributed by atoms with Gasteiger partial charge in [0.15, 0.2) is 5.13 Å². The molecule has 2 aromatic carbocycles. The number of amides is 1. The Morgan fingerprint density at radius 3 is 2.48 bits per heavy atom. The average molecular weight is 453 g/mol. The summed E-state index contributed by atoms with van der Waals surface area (Å²) < 4.78 is 2.91. The number of anilines is 1. The minimum Gasteiger partial charge on any atom is -0.282 e. The van der Waals surface area contributed by atoms with Crippen molar-refractivity contribution < 1.29 is 4.79 Å². The van der Waals surface area contributed by atoms with Crippen molar-refractivity contribution in [2.24, 2.45) is 0 Å². The van der Waals surface area contributed by atoms with Gasteiger partial charge < -0.3 is 0 Å². The first kappa shape index (κ1) is 21.5. The maximum Gasteiger partial charge on any atom is 0.260 e. The van der Waals surface area contributed by atoms with E-state index in [0.717, 1.165) is 38.3 Å². The lowest BCUT2D eigenvalue weighted by Crippen LogP contribution is -2.34. The van der Waals surface area contributed by atoms with E-state index in [4.69, 9.17) is 16.6 Å². The van der Waals surface area contributed by atoms with Gasteiger partial charge in [0.25, 0.3) is 5.91 Å². The summed E-state index contributed by atoms with van der Waals surface area (Å²) in [6.07, 6.45) is 0. The number of carbonyl (C=O) groups excluding carboxylic acids is 1. The lowest BCUT2D eigenvalue weighted by atomic mass is 10.1. The van der Waals surface area contributed by atoms with Crippen molar-refractivity contribution >= 4 is 44.2 Å². The first-order chi connectivity index (χ1) is 14.7. The van der Waals surface area contributed by atoms with E-state index < -0.39 is 0 Å². The number of thiazole rings is 1. The van der Waals surface area contributed by atoms with Gasteiger partial charge in [0.05, 0.1) is 22.5 Å². The van der Waals surface area contributed by atoms with Crippen LogP contribution in [0.15, 0.2) is 36.4 Å². The highest BCUT2D eigenvalue weighted by molar-refractivity contribution is 7.22. The second-order valence-electron chi connectivity index (χ2n) is 7.97. The van der Waals surface area contributed by atoms with Crippen LogP contribution in [0.1, 0.15) is 38.4 Å². The monoisotopic (exact) mass is 452 g/mol. The number of nitrogens with zero attached hydrogens (tertiary/aromatic N) is 4. The summed E-state index contributed by atoms with van der Waals surface area (Å²) in [7, 11) is 0. The molecule has 0 unspecified atom stereocenters. The van der Waals surface area contributed by atoms with Crippen molar-refractivity contribution in [3.05, 3.63) is 75.1 Å². The number of aryl methyl sites for hydroxylation is 5. The van der Waals surface area contributed by atoms with E-state index in [1.54, 1.807) is 4.90 Å². The van der Waals surface area contributed by atoms with E-state index in [1.165, 1.54) is 11.3 Å². The predicted molar refractivity (Wildman–Crippen MR) is 129 cm³/mol. The summed E-state index contributed by atoms with van der Waals surface area (Å²) >= 11 is 7.74. The van der Waals surface area contributed by atoms with Crippen LogP contribution >= 0.6 is 22.9 Å². The highest BCUT2D eigenvalue weighted by Gasteiger charge is 2.23. The standard InChI is InChI=1S/C24H25ClN4OS/c1-14-6-7-19(10-15(14)2)23(30)28(8-9-29-18(5)12-17(4)27-29)24-26-22-16(3)11-20(25)13-21(22)31-24/h6-7,10-13H,8-9H2,1-5H3. The minimum absolute atomic E-state index is 0.0626. The Kier molecular flexibility index (Phi) is 5.86. The van der Waals surface area contributed by atoms with Crippen molar-refractivity contribution in [3.63, 3.8) is 0 Å². The zero-order valence-electron chi connectivity index (χ0n) is 18.4. The lowest BCUT2D eigenvalue weighted by molar-refractivity contribution is 0.0985. The van der Waals surface area contributed by atoms with Gasteiger partial charge in [-0.05, 0) is 81.6 Å². The number of rotatable bonds is 5. The Bertz CT molecular complexity index is 1290. The Labute approximate surface area is 191 Å². The predicted octanol–water partition coefficient (Wildman–Crippen LogP) is 6.04. The molecule has 0 fully saturated rings. The molecule has 0 bridgehead atoms. The summed E-state index contributed by atoms with van der Waals surface area (Å²) in [5.41, 5.74) is 6.84. The van der Waals surface area contributed by atoms with Gasteiger partial charge >= 0.3 is 0 Å². The summed E-state index contributed by atoms with van der Waals surface area (Å²) in [6, 6.07) is 11.7. The summed E-state index contributed by atoms with van der Waals surface area (Å²) in [5, 5.41) is 5.89. The number of hydrogen-bond acceptors (Lipinski definition) is 4. The van der Waals surface area contributed by atoms with E-state index in [0.29, 0.717) is 28.8 Å². The Morgan fingerprint density at radius 2 is 1.81 bits per heavy atom. The fourth-order valence-electron chi connectivity index (χ4n) is 3.67. The molecule has 5 nitrogen and oxygen atoms in total. The third kappa shape index (κ3) is 4.36. The van der Waals surface area contributed by atoms with Crippen LogP contribution in [-0.4, -0.2) is 27.2 Å². The molecule has 0 saturated carbocycles. The third-order valence-electron chi connectivity index (χ3n) is 5.51. The van der Waals surface area contributed by atoms with Gasteiger partial charge in [0, 0.05) is 22.8 Å². The van der Waals surface area contributed by atoms with Crippen molar-refractivity contribution in [1.29, 1.82) is 0 Å². The minimum atomic E-state index is -0.0626. The van der Waals surface area contributed by atoms with Crippen LogP contribution in [0, 0.1) is 34.6 Å². The lowest BCUT2D eigenvalue weighted by Gasteiger charge is -2.21. The summed E-state index contributed by atoms with van der Waals surface area (Å²) in [5.74, 6) is -0.0626. The van der Waals surface area contributed by atoms with Gasteiger partial charge in [-0.25, -0.2) is 4.98 Å². The number of hydrogen-bond donors (Lipinski definition) is 0. The van der Waals surface area contributed by atoms with Crippen LogP contribution in [0.25, 0.3) is 10.2 Å². The highest BCUT2D eigenvalue weighted by atomic mass is 35.5. The van der Waals surface area contributed by atoms with Gasteiger partial charge in [0.2, 0.25) is 0 Å². The third-order valence-corrected chi connectivity index (χ3v) is 6.75. The second kappa shape index (κ2) is 8.44. The molecule has 0 N–H and O–H groups in total. The van der Waals surface area contributed by atoms with Crippen LogP contribution < -0.4 is 4.90 Å². The SMILES string of the molecule is Cc1cc(C)n(CCN(C(=O)c2ccc(C)c(C)c2)c2nc3c(C)cc(Cl)cc3s2)n1. The normalized spacial score (nSPS) is 11.3. The number of benzene rings is 2. The van der Waals surface area contributed by atoms with Gasteiger partial charge in [-0.1, -0.05) is 29.0 Å². The molecule has 4 rings (SSSR count).